The molecule has 0 aliphatic heterocycles. The third-order valence-corrected chi connectivity index (χ3v) is 2.66. The van der Waals surface area contributed by atoms with Crippen molar-refractivity contribution in [2.75, 3.05) is 87.6 Å². The van der Waals surface area contributed by atoms with Gasteiger partial charge in [-0.2, -0.15) is 12.7 Å². The average molecular weight is 873 g/mol. The van der Waals surface area contributed by atoms with E-state index < -0.39 is 96.8 Å². The van der Waals surface area contributed by atoms with Gasteiger partial charge in [-0.05, 0) is 38.6 Å². The first-order valence-corrected chi connectivity index (χ1v) is 14.4. The zero-order chi connectivity index (χ0) is 43.5. The molecule has 0 saturated heterocycles. The molecule has 0 aliphatic carbocycles. The minimum absolute atomic E-state index is 0.0394. The van der Waals surface area contributed by atoms with Crippen molar-refractivity contribution in [2.24, 2.45) is 5.92 Å². The van der Waals surface area contributed by atoms with Gasteiger partial charge >= 0.3 is 28.0 Å². The van der Waals surface area contributed by atoms with Crippen LogP contribution >= 0.6 is 24.4 Å². The van der Waals surface area contributed by atoms with Gasteiger partial charge in [-0.1, -0.05) is 13.8 Å². The Kier molecular flexibility index (Phi) is 144. The summed E-state index contributed by atoms with van der Waals surface area (Å²) in [6, 6.07) is 0. The molecule has 1 unspecified atom stereocenters. The molecule has 0 aromatic rings. The van der Waals surface area contributed by atoms with E-state index >= 15 is 0 Å². The maximum atomic E-state index is 11.5. The molecule has 0 fully saturated rings. The molecule has 25 heteroatoms. The summed E-state index contributed by atoms with van der Waals surface area (Å²) < 4.78 is 212. The average Bonchev–Trinajstić information content (AvgIpc) is 3.13. The first kappa shape index (κ1) is 74.0. The Hall–Kier alpha value is -1.30. The Balaban J connectivity index is -0.0000000392. The van der Waals surface area contributed by atoms with Crippen molar-refractivity contribution in [3.05, 3.63) is 12.7 Å². The molecule has 0 aromatic heterocycles. The van der Waals surface area contributed by atoms with Crippen LogP contribution in [0.2, 0.25) is 0 Å². The number of thiocarbonyl (C=S) groups is 1. The number of methoxy groups -OCH3 is 1. The van der Waals surface area contributed by atoms with Crippen molar-refractivity contribution in [2.45, 2.75) is 46.5 Å². The van der Waals surface area contributed by atoms with E-state index in [-0.39, 0.29) is 41.5 Å². The molecule has 0 spiro atoms. The van der Waals surface area contributed by atoms with Gasteiger partial charge in [0.1, 0.15) is 52.2 Å². The van der Waals surface area contributed by atoms with Crippen LogP contribution in [-0.2, 0) is 32.0 Å². The molecule has 3 nitrogen and oxygen atoms in total. The van der Waals surface area contributed by atoms with Crippen LogP contribution in [-0.4, -0.2) is 112 Å². The van der Waals surface area contributed by atoms with Crippen molar-refractivity contribution < 1.29 is 114 Å². The molecule has 315 valence electrons. The van der Waals surface area contributed by atoms with Crippen LogP contribution in [0.4, 0.5) is 81.9 Å². The van der Waals surface area contributed by atoms with Crippen LogP contribution in [0.1, 0.15) is 33.6 Å². The standard InChI is InChI=1S/C6H11FO2.C3H5FOS2.C3H7F.2C2H3F3.C2H2F2.3C2H4F2.CH3F.FH.V.H/c1-5(3-4-7)6(8)9-2;1-2-5-3(6)7-4;1-2-3-4;2*3-1-2(4)5;1-2(3)4;3*3-1-2-4;1-2;;;/h5H,3-4H2,1-2H3;2H2,1H3;2-3H2,1H3;2*2H,1H2;1H2;3*1-2H2;1H3;1H;;/q;;;;;;;;;;;+1;/p-1/i;;;;;;;;;;;;1+1. The molecule has 0 radical (unpaired) electrons. The number of ether oxygens (including phenoxy) is 2. The van der Waals surface area contributed by atoms with Crippen LogP contribution in [0.15, 0.2) is 12.7 Å². The predicted molar refractivity (Wildman–Crippen MR) is 162 cm³/mol. The van der Waals surface area contributed by atoms with Gasteiger partial charge in [0.15, 0.2) is 13.3 Å². The maximum absolute atomic E-state index is 11.5. The molecule has 0 aliphatic rings. The summed E-state index contributed by atoms with van der Waals surface area (Å²) in [7, 11) is 1.80. The molecule has 0 saturated carbocycles. The fourth-order valence-electron chi connectivity index (χ4n) is 0.623. The summed E-state index contributed by atoms with van der Waals surface area (Å²) in [6.07, 6.45) is -6.49. The van der Waals surface area contributed by atoms with E-state index in [0.29, 0.717) is 20.2 Å². The van der Waals surface area contributed by atoms with Gasteiger partial charge in [0.05, 0.1) is 40.2 Å². The molecule has 0 heterocycles. The van der Waals surface area contributed by atoms with Gasteiger partial charge in [-0.25, -0.2) is 52.7 Å². The quantitative estimate of drug-likeness (QED) is 0.124. The third kappa shape index (κ3) is 228. The van der Waals surface area contributed by atoms with Crippen LogP contribution in [0.3, 0.4) is 0 Å². The summed E-state index contributed by atoms with van der Waals surface area (Å²) >= 11 is 2.72. The SMILES string of the molecule is C=C(F)F.CCCF.CCOC(=S)SF.CF.COC(=O)C(C)CCF.FCC(F)F.FCC(F)F.FCCF.FCCF.FCCF.[2H][V][F]. The Bertz CT molecular complexity index is 514. The third-order valence-electron chi connectivity index (χ3n) is 2.11. The van der Waals surface area contributed by atoms with E-state index in [0.717, 1.165) is 0 Å². The van der Waals surface area contributed by atoms with Crippen LogP contribution in [0, 0.1) is 5.92 Å². The number of rotatable bonds is 10. The first-order chi connectivity index (χ1) is 23.9. The molecule has 0 N–H and O–H groups in total. The number of carbonyl (C=O) groups excluding carboxylic acids is 1. The van der Waals surface area contributed by atoms with Crippen LogP contribution < -0.4 is 0 Å². The van der Waals surface area contributed by atoms with Crippen molar-refractivity contribution in [1.29, 1.82) is 0.879 Å². The molecule has 0 bridgehead atoms. The minimum atomic E-state index is -2.78. The summed E-state index contributed by atoms with van der Waals surface area (Å²) in [5.41, 5.74) is 0. The fourth-order valence-corrected chi connectivity index (χ4v) is 0.903. The number of hydrogen-bond acceptors (Lipinski definition) is 5. The molecule has 0 aromatic carbocycles. The van der Waals surface area contributed by atoms with E-state index in [1.165, 1.54) is 7.11 Å². The fraction of sp³-hybridized carbons (Fsp3) is 0.840. The van der Waals surface area contributed by atoms with E-state index in [4.69, 9.17) is 0.879 Å². The van der Waals surface area contributed by atoms with Gasteiger partial charge in [-0.15, -0.1) is 0 Å². The van der Waals surface area contributed by atoms with Crippen molar-refractivity contribution in [3.8, 4) is 0 Å². The number of halogens is 19. The molecule has 50 heavy (non-hydrogen) atoms. The Morgan fingerprint density at radius 1 is 0.780 bits per heavy atom. The Labute approximate surface area is 302 Å². The zero-order valence-corrected chi connectivity index (χ0v) is 30.8. The van der Waals surface area contributed by atoms with E-state index in [2.05, 4.69) is 28.3 Å². The topological polar surface area (TPSA) is 35.5 Å². The van der Waals surface area contributed by atoms with Crippen molar-refractivity contribution >= 4 is 34.7 Å². The van der Waals surface area contributed by atoms with Gasteiger partial charge < -0.3 is 9.47 Å². The molecule has 0 rings (SSSR count). The van der Waals surface area contributed by atoms with E-state index in [1.807, 2.05) is 0 Å². The van der Waals surface area contributed by atoms with Gasteiger partial charge in [-0.3, -0.25) is 18.0 Å². The summed E-state index contributed by atoms with van der Waals surface area (Å²) in [5, 5.41) is 0. The number of esters is 1. The zero-order valence-electron chi connectivity index (χ0n) is 28.8. The van der Waals surface area contributed by atoms with Gasteiger partial charge in [0, 0.05) is 0 Å². The second-order valence-electron chi connectivity index (χ2n) is 5.91. The summed E-state index contributed by atoms with van der Waals surface area (Å²) in [4.78, 5) is 10.5. The molecule has 1 atom stereocenters. The second-order valence-corrected chi connectivity index (χ2v) is 7.07. The molecular weight excluding hydrogens is 824 g/mol. The Morgan fingerprint density at radius 2 is 1.02 bits per heavy atom. The second kappa shape index (κ2) is 97.3. The van der Waals surface area contributed by atoms with E-state index in [1.54, 1.807) is 20.8 Å². The first-order valence-electron chi connectivity index (χ1n) is 13.1. The van der Waals surface area contributed by atoms with E-state index in [9.17, 15) is 86.7 Å². The summed E-state index contributed by atoms with van der Waals surface area (Å²) in [6.45, 7) is -0.917. The molecule has 0 amide bonds. The monoisotopic (exact) mass is 872 g/mol. The van der Waals surface area contributed by atoms with Crippen LogP contribution in [0.5, 0.6) is 0 Å². The summed E-state index contributed by atoms with van der Waals surface area (Å²) in [5.74, 6) is -0.646. The van der Waals surface area contributed by atoms with Gasteiger partial charge in [0.2, 0.25) is 0 Å². The predicted octanol–water partition coefficient (Wildman–Crippen LogP) is 11.8. The number of alkyl halides is 15. The van der Waals surface area contributed by atoms with Gasteiger partial charge in [0.25, 0.3) is 23.3 Å². The molecular formula is C25H47F19O3S2V. The van der Waals surface area contributed by atoms with Crippen molar-refractivity contribution in [3.63, 3.8) is 0 Å². The van der Waals surface area contributed by atoms with Crippen molar-refractivity contribution in [1.82, 2.24) is 0 Å². The van der Waals surface area contributed by atoms with Crippen LogP contribution in [0.25, 0.3) is 0 Å². The Morgan fingerprint density at radius 3 is 1.10 bits per heavy atom. The normalized spacial score (nSPS) is 8.72. The number of carbonyl (C=O) groups is 1. The number of hydrogen-bond donors (Lipinski definition) is 0.